The number of esters is 1. The van der Waals surface area contributed by atoms with E-state index in [0.717, 1.165) is 17.7 Å². The van der Waals surface area contributed by atoms with Gasteiger partial charge in [-0.15, -0.1) is 0 Å². The number of carbonyl (C=O) groups excluding carboxylic acids is 2. The Morgan fingerprint density at radius 3 is 2.68 bits per heavy atom. The molecule has 0 saturated carbocycles. The smallest absolute Gasteiger partial charge is 0.331 e. The molecule has 4 nitrogen and oxygen atoms in total. The zero-order valence-corrected chi connectivity index (χ0v) is 14.6. The van der Waals surface area contributed by atoms with Crippen LogP contribution in [0.15, 0.2) is 54.6 Å². The number of ether oxygens (including phenoxy) is 1. The van der Waals surface area contributed by atoms with Crippen LogP contribution in [0, 0.1) is 0 Å². The molecule has 5 heteroatoms. The third-order valence-corrected chi connectivity index (χ3v) is 4.44. The number of amides is 1. The summed E-state index contributed by atoms with van der Waals surface area (Å²) in [6.07, 6.45) is 2.82. The van der Waals surface area contributed by atoms with Gasteiger partial charge in [0.2, 0.25) is 0 Å². The molecular formula is C20H18ClNO3. The first-order chi connectivity index (χ1) is 12.1. The van der Waals surface area contributed by atoms with E-state index < -0.39 is 12.1 Å². The molecule has 2 aromatic rings. The largest absolute Gasteiger partial charge is 0.449 e. The molecule has 1 aliphatic heterocycles. The maximum Gasteiger partial charge on any atom is 0.331 e. The molecule has 0 bridgehead atoms. The van der Waals surface area contributed by atoms with E-state index in [2.05, 4.69) is 0 Å². The van der Waals surface area contributed by atoms with Crippen molar-refractivity contribution in [2.75, 3.05) is 11.4 Å². The van der Waals surface area contributed by atoms with Crippen molar-refractivity contribution in [1.29, 1.82) is 0 Å². The van der Waals surface area contributed by atoms with Crippen molar-refractivity contribution in [3.8, 4) is 0 Å². The first kappa shape index (κ1) is 17.2. The number of rotatable bonds is 4. The summed E-state index contributed by atoms with van der Waals surface area (Å²) in [7, 11) is 0. The van der Waals surface area contributed by atoms with Gasteiger partial charge >= 0.3 is 5.97 Å². The molecule has 0 fully saturated rings. The summed E-state index contributed by atoms with van der Waals surface area (Å²) in [6.45, 7) is 2.19. The minimum atomic E-state index is -0.852. The Kier molecular flexibility index (Phi) is 5.19. The summed E-state index contributed by atoms with van der Waals surface area (Å²) in [5.41, 5.74) is 2.74. The average Bonchev–Trinajstić information content (AvgIpc) is 3.04. The second-order valence-corrected chi connectivity index (χ2v) is 6.21. The van der Waals surface area contributed by atoms with E-state index in [-0.39, 0.29) is 5.91 Å². The lowest BCUT2D eigenvalue weighted by atomic mass is 10.2. The van der Waals surface area contributed by atoms with Crippen molar-refractivity contribution in [3.05, 3.63) is 70.8 Å². The predicted octanol–water partition coefficient (Wildman–Crippen LogP) is 3.87. The van der Waals surface area contributed by atoms with E-state index in [1.54, 1.807) is 30.0 Å². The van der Waals surface area contributed by atoms with Gasteiger partial charge in [0.25, 0.3) is 5.91 Å². The molecule has 0 aromatic heterocycles. The van der Waals surface area contributed by atoms with Crippen molar-refractivity contribution in [1.82, 2.24) is 0 Å². The number of halogens is 1. The van der Waals surface area contributed by atoms with E-state index in [9.17, 15) is 9.59 Å². The molecule has 2 aromatic carbocycles. The Bertz CT molecular complexity index is 831. The van der Waals surface area contributed by atoms with Crippen molar-refractivity contribution < 1.29 is 14.3 Å². The number of carbonyl (C=O) groups is 2. The van der Waals surface area contributed by atoms with Crippen LogP contribution in [0.25, 0.3) is 6.08 Å². The maximum atomic E-state index is 12.6. The van der Waals surface area contributed by atoms with Crippen LogP contribution >= 0.6 is 11.6 Å². The molecule has 25 heavy (non-hydrogen) atoms. The van der Waals surface area contributed by atoms with Crippen LogP contribution in [-0.4, -0.2) is 24.5 Å². The summed E-state index contributed by atoms with van der Waals surface area (Å²) in [5, 5.41) is 0.546. The van der Waals surface area contributed by atoms with Gasteiger partial charge in [-0.2, -0.15) is 0 Å². The standard InChI is InChI=1S/C20H18ClNO3/c1-14(20(24)22-13-12-16-7-3-5-9-18(16)22)25-19(23)11-10-15-6-2-4-8-17(15)21/h2-11,14H,12-13H2,1H3/b11-10+/t14-/m1/s1. The molecule has 0 saturated heterocycles. The Hall–Kier alpha value is -2.59. The summed E-state index contributed by atoms with van der Waals surface area (Å²) in [6, 6.07) is 14.9. The van der Waals surface area contributed by atoms with Gasteiger partial charge in [-0.05, 0) is 42.7 Å². The third kappa shape index (κ3) is 3.91. The van der Waals surface area contributed by atoms with E-state index in [1.807, 2.05) is 36.4 Å². The topological polar surface area (TPSA) is 46.6 Å². The predicted molar refractivity (Wildman–Crippen MR) is 98.5 cm³/mol. The highest BCUT2D eigenvalue weighted by Crippen LogP contribution is 2.28. The van der Waals surface area contributed by atoms with Crippen LogP contribution in [-0.2, 0) is 20.7 Å². The van der Waals surface area contributed by atoms with Gasteiger partial charge in [0, 0.05) is 23.3 Å². The van der Waals surface area contributed by atoms with E-state index >= 15 is 0 Å². The lowest BCUT2D eigenvalue weighted by Gasteiger charge is -2.21. The highest BCUT2D eigenvalue weighted by molar-refractivity contribution is 6.32. The summed E-state index contributed by atoms with van der Waals surface area (Å²) in [5.74, 6) is -0.794. The summed E-state index contributed by atoms with van der Waals surface area (Å²) < 4.78 is 5.24. The van der Waals surface area contributed by atoms with Crippen molar-refractivity contribution >= 4 is 35.2 Å². The molecule has 0 N–H and O–H groups in total. The quantitative estimate of drug-likeness (QED) is 0.617. The van der Waals surface area contributed by atoms with E-state index in [4.69, 9.17) is 16.3 Å². The van der Waals surface area contributed by atoms with E-state index in [1.165, 1.54) is 6.08 Å². The van der Waals surface area contributed by atoms with Gasteiger partial charge in [0.15, 0.2) is 6.10 Å². The minimum Gasteiger partial charge on any atom is -0.449 e. The maximum absolute atomic E-state index is 12.6. The van der Waals surface area contributed by atoms with Crippen LogP contribution in [0.5, 0.6) is 0 Å². The molecule has 3 rings (SSSR count). The number of hydrogen-bond donors (Lipinski definition) is 0. The highest BCUT2D eigenvalue weighted by atomic mass is 35.5. The Morgan fingerprint density at radius 1 is 1.16 bits per heavy atom. The fourth-order valence-electron chi connectivity index (χ4n) is 2.82. The van der Waals surface area contributed by atoms with Crippen LogP contribution in [0.2, 0.25) is 5.02 Å². The van der Waals surface area contributed by atoms with Gasteiger partial charge < -0.3 is 9.64 Å². The fourth-order valence-corrected chi connectivity index (χ4v) is 3.02. The number of nitrogens with zero attached hydrogens (tertiary/aromatic N) is 1. The molecule has 1 amide bonds. The molecule has 0 aliphatic carbocycles. The SMILES string of the molecule is C[C@@H](OC(=O)/C=C/c1ccccc1Cl)C(=O)N1CCc2ccccc21. The Morgan fingerprint density at radius 2 is 1.88 bits per heavy atom. The number of anilines is 1. The first-order valence-electron chi connectivity index (χ1n) is 8.09. The lowest BCUT2D eigenvalue weighted by Crippen LogP contribution is -2.38. The second-order valence-electron chi connectivity index (χ2n) is 5.80. The number of benzene rings is 2. The monoisotopic (exact) mass is 355 g/mol. The summed E-state index contributed by atoms with van der Waals surface area (Å²) >= 11 is 6.03. The zero-order valence-electron chi connectivity index (χ0n) is 13.8. The molecular weight excluding hydrogens is 338 g/mol. The Balaban J connectivity index is 1.62. The van der Waals surface area contributed by atoms with Crippen molar-refractivity contribution in [2.24, 2.45) is 0 Å². The number of hydrogen-bond acceptors (Lipinski definition) is 3. The Labute approximate surface area is 151 Å². The van der Waals surface area contributed by atoms with Gasteiger partial charge in [-0.25, -0.2) is 4.79 Å². The van der Waals surface area contributed by atoms with Crippen LogP contribution in [0.3, 0.4) is 0 Å². The molecule has 1 atom stereocenters. The number of para-hydroxylation sites is 1. The van der Waals surface area contributed by atoms with Crippen molar-refractivity contribution in [2.45, 2.75) is 19.4 Å². The lowest BCUT2D eigenvalue weighted by molar-refractivity contribution is -0.149. The molecule has 0 unspecified atom stereocenters. The first-order valence-corrected chi connectivity index (χ1v) is 8.46. The van der Waals surface area contributed by atoms with Gasteiger partial charge in [0.05, 0.1) is 0 Å². The van der Waals surface area contributed by atoms with Crippen LogP contribution < -0.4 is 4.90 Å². The molecule has 0 spiro atoms. The van der Waals surface area contributed by atoms with Gasteiger partial charge in [0.1, 0.15) is 0 Å². The number of fused-ring (bicyclic) bond motifs is 1. The van der Waals surface area contributed by atoms with Crippen LogP contribution in [0.4, 0.5) is 5.69 Å². The van der Waals surface area contributed by atoms with Crippen molar-refractivity contribution in [3.63, 3.8) is 0 Å². The van der Waals surface area contributed by atoms with Gasteiger partial charge in [-0.1, -0.05) is 48.0 Å². The van der Waals surface area contributed by atoms with E-state index in [0.29, 0.717) is 17.1 Å². The molecule has 1 aliphatic rings. The third-order valence-electron chi connectivity index (χ3n) is 4.10. The second kappa shape index (κ2) is 7.53. The van der Waals surface area contributed by atoms with Gasteiger partial charge in [-0.3, -0.25) is 4.79 Å². The summed E-state index contributed by atoms with van der Waals surface area (Å²) in [4.78, 5) is 26.2. The minimum absolute atomic E-state index is 0.218. The highest BCUT2D eigenvalue weighted by Gasteiger charge is 2.29. The normalized spacial score (nSPS) is 14.4. The average molecular weight is 356 g/mol. The molecule has 0 radical (unpaired) electrons. The molecule has 1 heterocycles. The van der Waals surface area contributed by atoms with Crippen LogP contribution in [0.1, 0.15) is 18.1 Å². The fraction of sp³-hybridized carbons (Fsp3) is 0.200. The zero-order chi connectivity index (χ0) is 17.8. The molecule has 128 valence electrons.